The fraction of sp³-hybridized carbons (Fsp3) is 0.150. The second-order valence-corrected chi connectivity index (χ2v) is 7.83. The number of ketones is 1. The molecule has 30 heavy (non-hydrogen) atoms. The molecule has 1 aliphatic rings. The van der Waals surface area contributed by atoms with Gasteiger partial charge >= 0.3 is 5.97 Å². The number of halogens is 1. The molecular formula is C20H16ClN3O5S. The zero-order chi connectivity index (χ0) is 21.7. The largest absolute Gasteiger partial charge is 0.454 e. The minimum atomic E-state index is -0.686. The number of anilines is 1. The predicted molar refractivity (Wildman–Crippen MR) is 114 cm³/mol. The lowest BCUT2D eigenvalue weighted by atomic mass is 10.1. The van der Waals surface area contributed by atoms with E-state index in [-0.39, 0.29) is 33.6 Å². The average molecular weight is 446 g/mol. The van der Waals surface area contributed by atoms with Crippen LogP contribution in [0, 0.1) is 0 Å². The van der Waals surface area contributed by atoms with Gasteiger partial charge in [0, 0.05) is 17.7 Å². The quantitative estimate of drug-likeness (QED) is 0.495. The Hall–Kier alpha value is -3.17. The molecule has 1 aliphatic heterocycles. The van der Waals surface area contributed by atoms with E-state index < -0.39 is 29.5 Å². The first-order valence-corrected chi connectivity index (χ1v) is 9.98. The first-order chi connectivity index (χ1) is 14.3. The fourth-order valence-corrected chi connectivity index (χ4v) is 3.65. The third kappa shape index (κ3) is 5.46. The number of rotatable bonds is 7. The van der Waals surface area contributed by atoms with E-state index in [2.05, 4.69) is 10.3 Å². The molecule has 2 aromatic carbocycles. The molecule has 0 saturated carbocycles. The second kappa shape index (κ2) is 9.55. The summed E-state index contributed by atoms with van der Waals surface area (Å²) >= 11 is 7.00. The van der Waals surface area contributed by atoms with Gasteiger partial charge in [-0.1, -0.05) is 35.5 Å². The first kappa shape index (κ1) is 21.5. The number of amides is 2. The van der Waals surface area contributed by atoms with Crippen molar-refractivity contribution in [1.82, 2.24) is 0 Å². The number of nitrogens with one attached hydrogen (secondary N) is 1. The SMILES string of the molecule is NC1=NC(=O)C(CC(=O)Nc2ccc(C(=O)OCC(=O)c3ccccc3Cl)cc2)S1. The summed E-state index contributed by atoms with van der Waals surface area (Å²) in [5.41, 5.74) is 6.38. The van der Waals surface area contributed by atoms with Crippen LogP contribution in [0.25, 0.3) is 0 Å². The highest BCUT2D eigenvalue weighted by atomic mass is 35.5. The number of ether oxygens (including phenoxy) is 1. The molecule has 0 spiro atoms. The maximum absolute atomic E-state index is 12.1. The molecule has 3 N–H and O–H groups in total. The van der Waals surface area contributed by atoms with E-state index in [0.29, 0.717) is 5.69 Å². The number of benzene rings is 2. The molecule has 1 unspecified atom stereocenters. The molecule has 8 nitrogen and oxygen atoms in total. The number of carbonyl (C=O) groups excluding carboxylic acids is 4. The van der Waals surface area contributed by atoms with Gasteiger partial charge in [0.15, 0.2) is 11.8 Å². The number of Topliss-reactive ketones (excluding diaryl/α,β-unsaturated/α-hetero) is 1. The van der Waals surface area contributed by atoms with Crippen molar-refractivity contribution < 1.29 is 23.9 Å². The Balaban J connectivity index is 1.50. The van der Waals surface area contributed by atoms with Crippen LogP contribution in [0.5, 0.6) is 0 Å². The van der Waals surface area contributed by atoms with Gasteiger partial charge in [0.25, 0.3) is 5.91 Å². The Labute approximate surface area is 180 Å². The zero-order valence-electron chi connectivity index (χ0n) is 15.5. The number of carbonyl (C=O) groups is 4. The lowest BCUT2D eigenvalue weighted by Crippen LogP contribution is -2.21. The van der Waals surface area contributed by atoms with Crippen LogP contribution in [0.2, 0.25) is 5.02 Å². The van der Waals surface area contributed by atoms with Gasteiger partial charge in [-0.2, -0.15) is 4.99 Å². The second-order valence-electron chi connectivity index (χ2n) is 6.20. The Bertz CT molecular complexity index is 1040. The van der Waals surface area contributed by atoms with Crippen LogP contribution in [0.4, 0.5) is 5.69 Å². The maximum atomic E-state index is 12.1. The third-order valence-electron chi connectivity index (χ3n) is 4.04. The van der Waals surface area contributed by atoms with Gasteiger partial charge in [-0.25, -0.2) is 4.79 Å². The van der Waals surface area contributed by atoms with Crippen molar-refractivity contribution in [2.75, 3.05) is 11.9 Å². The average Bonchev–Trinajstić information content (AvgIpc) is 3.03. The minimum absolute atomic E-state index is 0.0678. The van der Waals surface area contributed by atoms with Crippen molar-refractivity contribution in [2.24, 2.45) is 10.7 Å². The monoisotopic (exact) mass is 445 g/mol. The van der Waals surface area contributed by atoms with Crippen molar-refractivity contribution in [2.45, 2.75) is 11.7 Å². The topological polar surface area (TPSA) is 128 Å². The van der Waals surface area contributed by atoms with E-state index in [4.69, 9.17) is 22.1 Å². The molecule has 154 valence electrons. The van der Waals surface area contributed by atoms with E-state index in [0.717, 1.165) is 11.8 Å². The highest BCUT2D eigenvalue weighted by Crippen LogP contribution is 2.23. The molecule has 1 atom stereocenters. The number of nitrogens with zero attached hydrogens (tertiary/aromatic N) is 1. The van der Waals surface area contributed by atoms with Gasteiger partial charge in [0.2, 0.25) is 11.7 Å². The van der Waals surface area contributed by atoms with Gasteiger partial charge in [0.1, 0.15) is 5.25 Å². The smallest absolute Gasteiger partial charge is 0.338 e. The van der Waals surface area contributed by atoms with Gasteiger partial charge in [-0.15, -0.1) is 0 Å². The Kier molecular flexibility index (Phi) is 6.86. The summed E-state index contributed by atoms with van der Waals surface area (Å²) in [7, 11) is 0. The maximum Gasteiger partial charge on any atom is 0.338 e. The van der Waals surface area contributed by atoms with Crippen molar-refractivity contribution >= 4 is 57.8 Å². The molecule has 2 amide bonds. The lowest BCUT2D eigenvalue weighted by molar-refractivity contribution is -0.121. The van der Waals surface area contributed by atoms with Crippen LogP contribution in [0.1, 0.15) is 27.1 Å². The summed E-state index contributed by atoms with van der Waals surface area (Å²) in [6.07, 6.45) is -0.0678. The molecule has 0 aromatic heterocycles. The van der Waals surface area contributed by atoms with Crippen molar-refractivity contribution in [3.63, 3.8) is 0 Å². The van der Waals surface area contributed by atoms with E-state index >= 15 is 0 Å². The van der Waals surface area contributed by atoms with Gasteiger partial charge in [0.05, 0.1) is 10.6 Å². The molecule has 0 saturated heterocycles. The van der Waals surface area contributed by atoms with Gasteiger partial charge < -0.3 is 15.8 Å². The predicted octanol–water partition coefficient (Wildman–Crippen LogP) is 2.67. The Morgan fingerprint density at radius 1 is 1.13 bits per heavy atom. The summed E-state index contributed by atoms with van der Waals surface area (Å²) < 4.78 is 5.03. The molecule has 0 bridgehead atoms. The van der Waals surface area contributed by atoms with Crippen LogP contribution < -0.4 is 11.1 Å². The summed E-state index contributed by atoms with van der Waals surface area (Å²) in [6, 6.07) is 12.4. The molecule has 3 rings (SSSR count). The molecule has 0 radical (unpaired) electrons. The zero-order valence-corrected chi connectivity index (χ0v) is 17.0. The van der Waals surface area contributed by atoms with Crippen LogP contribution in [-0.4, -0.2) is 40.6 Å². The summed E-state index contributed by atoms with van der Waals surface area (Å²) in [6.45, 7) is -0.445. The van der Waals surface area contributed by atoms with Crippen molar-refractivity contribution in [3.8, 4) is 0 Å². The van der Waals surface area contributed by atoms with E-state index in [1.807, 2.05) is 0 Å². The highest BCUT2D eigenvalue weighted by molar-refractivity contribution is 8.15. The van der Waals surface area contributed by atoms with E-state index in [9.17, 15) is 19.2 Å². The molecule has 1 heterocycles. The van der Waals surface area contributed by atoms with Crippen molar-refractivity contribution in [1.29, 1.82) is 0 Å². The van der Waals surface area contributed by atoms with Gasteiger partial charge in [-0.3, -0.25) is 14.4 Å². The minimum Gasteiger partial charge on any atom is -0.454 e. The Morgan fingerprint density at radius 2 is 1.83 bits per heavy atom. The number of esters is 1. The van der Waals surface area contributed by atoms with E-state index in [1.54, 1.807) is 24.3 Å². The summed E-state index contributed by atoms with van der Waals surface area (Å²) in [5.74, 6) is -1.92. The number of amidine groups is 1. The number of aliphatic imine (C=N–C) groups is 1. The molecule has 0 aliphatic carbocycles. The number of hydrogen-bond acceptors (Lipinski definition) is 7. The molecule has 10 heteroatoms. The normalized spacial score (nSPS) is 15.4. The van der Waals surface area contributed by atoms with Gasteiger partial charge in [-0.05, 0) is 36.4 Å². The van der Waals surface area contributed by atoms with Crippen LogP contribution in [0.15, 0.2) is 53.5 Å². The highest BCUT2D eigenvalue weighted by Gasteiger charge is 2.29. The standard InChI is InChI=1S/C20H16ClN3O5S/c21-14-4-2-1-3-13(14)15(25)10-29-19(28)11-5-7-12(8-6-11)23-17(26)9-16-18(27)24-20(22)30-16/h1-8,16H,9-10H2,(H,23,26)(H2,22,24,27). The number of hydrogen-bond donors (Lipinski definition) is 2. The molecule has 0 fully saturated rings. The number of thioether (sulfide) groups is 1. The Morgan fingerprint density at radius 3 is 2.47 bits per heavy atom. The first-order valence-electron chi connectivity index (χ1n) is 8.73. The van der Waals surface area contributed by atoms with Crippen LogP contribution in [-0.2, 0) is 14.3 Å². The van der Waals surface area contributed by atoms with Crippen LogP contribution in [0.3, 0.4) is 0 Å². The number of nitrogens with two attached hydrogens (primary N) is 1. The molecular weight excluding hydrogens is 430 g/mol. The third-order valence-corrected chi connectivity index (χ3v) is 5.36. The van der Waals surface area contributed by atoms with E-state index in [1.165, 1.54) is 24.3 Å². The lowest BCUT2D eigenvalue weighted by Gasteiger charge is -2.09. The van der Waals surface area contributed by atoms with Crippen molar-refractivity contribution in [3.05, 3.63) is 64.7 Å². The molecule has 2 aromatic rings. The summed E-state index contributed by atoms with van der Waals surface area (Å²) in [5, 5.41) is 2.43. The van der Waals surface area contributed by atoms with Crippen LogP contribution >= 0.6 is 23.4 Å². The summed E-state index contributed by atoms with van der Waals surface area (Å²) in [4.78, 5) is 51.4. The fourth-order valence-electron chi connectivity index (χ4n) is 2.58.